The van der Waals surface area contributed by atoms with Gasteiger partial charge in [0.1, 0.15) is 16.8 Å². The van der Waals surface area contributed by atoms with E-state index in [2.05, 4.69) is 11.7 Å². The third kappa shape index (κ3) is 5.49. The minimum Gasteiger partial charge on any atom is -0.478 e. The van der Waals surface area contributed by atoms with Crippen molar-refractivity contribution in [3.63, 3.8) is 0 Å². The Labute approximate surface area is 275 Å². The molecule has 1 aliphatic carbocycles. The third-order valence-corrected chi connectivity index (χ3v) is 9.32. The average molecular weight is 669 g/mol. The van der Waals surface area contributed by atoms with Crippen molar-refractivity contribution in [1.82, 2.24) is 14.6 Å². The summed E-state index contributed by atoms with van der Waals surface area (Å²) in [6.07, 6.45) is 6.42. The molecule has 1 aliphatic rings. The van der Waals surface area contributed by atoms with E-state index >= 15 is 0 Å². The summed E-state index contributed by atoms with van der Waals surface area (Å²) in [5.74, 6) is -1.62. The van der Waals surface area contributed by atoms with Gasteiger partial charge in [-0.1, -0.05) is 79.4 Å². The molecule has 45 heavy (non-hydrogen) atoms. The van der Waals surface area contributed by atoms with Crippen LogP contribution in [0.2, 0.25) is 15.1 Å². The van der Waals surface area contributed by atoms with Gasteiger partial charge < -0.3 is 14.5 Å². The molecule has 2 heterocycles. The van der Waals surface area contributed by atoms with Crippen LogP contribution in [-0.4, -0.2) is 44.6 Å². The summed E-state index contributed by atoms with van der Waals surface area (Å²) >= 11 is 19.5. The molecule has 8 nitrogen and oxygen atoms in total. The van der Waals surface area contributed by atoms with Crippen molar-refractivity contribution in [2.24, 2.45) is 5.41 Å². The number of rotatable bonds is 7. The van der Waals surface area contributed by atoms with Crippen LogP contribution in [0.4, 0.5) is 0 Å². The topological polar surface area (TPSA) is 106 Å². The van der Waals surface area contributed by atoms with E-state index in [1.807, 2.05) is 33.8 Å². The summed E-state index contributed by atoms with van der Waals surface area (Å²) < 4.78 is 7.46. The largest absolute Gasteiger partial charge is 0.478 e. The average Bonchev–Trinajstić information content (AvgIpc) is 3.51. The van der Waals surface area contributed by atoms with Gasteiger partial charge >= 0.3 is 5.97 Å². The van der Waals surface area contributed by atoms with Crippen molar-refractivity contribution in [2.45, 2.75) is 52.5 Å². The Bertz CT molecular complexity index is 1900. The number of carboxylic acids is 1. The predicted octanol–water partition coefficient (Wildman–Crippen LogP) is 8.79. The molecule has 0 unspecified atom stereocenters. The van der Waals surface area contributed by atoms with Gasteiger partial charge in [0.25, 0.3) is 5.91 Å². The highest BCUT2D eigenvalue weighted by Gasteiger charge is 2.51. The zero-order valence-electron chi connectivity index (χ0n) is 25.5. The van der Waals surface area contributed by atoms with Crippen LogP contribution in [-0.2, 0) is 15.1 Å². The molecule has 0 saturated heterocycles. The molecule has 234 valence electrons. The molecular formula is C34H32Cl3N3O5. The molecule has 1 fully saturated rings. The number of halogens is 3. The van der Waals surface area contributed by atoms with Crippen LogP contribution >= 0.6 is 34.8 Å². The quantitative estimate of drug-likeness (QED) is 0.197. The van der Waals surface area contributed by atoms with Crippen LogP contribution in [0.1, 0.15) is 67.3 Å². The minimum atomic E-state index is -1.02. The Morgan fingerprint density at radius 2 is 1.78 bits per heavy atom. The second-order valence-electron chi connectivity index (χ2n) is 12.3. The lowest BCUT2D eigenvalue weighted by Crippen LogP contribution is -2.51. The molecule has 2 aromatic heterocycles. The normalized spacial score (nSPS) is 14.7. The molecule has 1 N–H and O–H groups in total. The number of fused-ring (bicyclic) bond motifs is 1. The van der Waals surface area contributed by atoms with E-state index in [4.69, 9.17) is 39.3 Å². The molecule has 5 rings (SSSR count). The number of aryl methyl sites for hydroxylation is 1. The maximum absolute atomic E-state index is 14.8. The van der Waals surface area contributed by atoms with Gasteiger partial charge in [-0.05, 0) is 73.1 Å². The van der Waals surface area contributed by atoms with Crippen molar-refractivity contribution >= 4 is 69.6 Å². The number of carboxylic acid groups (broad SMARTS) is 1. The summed E-state index contributed by atoms with van der Waals surface area (Å²) in [6, 6.07) is 8.38. The number of benzene rings is 2. The van der Waals surface area contributed by atoms with E-state index in [1.54, 1.807) is 31.5 Å². The van der Waals surface area contributed by atoms with Crippen LogP contribution in [0.3, 0.4) is 0 Å². The molecule has 0 aliphatic heterocycles. The second-order valence-corrected chi connectivity index (χ2v) is 13.6. The van der Waals surface area contributed by atoms with Gasteiger partial charge in [-0.25, -0.2) is 4.79 Å². The highest BCUT2D eigenvalue weighted by Crippen LogP contribution is 2.50. The van der Waals surface area contributed by atoms with Gasteiger partial charge in [0.15, 0.2) is 5.76 Å². The number of nitrogens with zero attached hydrogens (tertiary/aromatic N) is 3. The molecule has 2 aromatic carbocycles. The van der Waals surface area contributed by atoms with E-state index in [-0.39, 0.29) is 44.1 Å². The number of aromatic nitrogens is 2. The first kappa shape index (κ1) is 32.5. The lowest BCUT2D eigenvalue weighted by Gasteiger charge is -2.46. The summed E-state index contributed by atoms with van der Waals surface area (Å²) in [5, 5.41) is 15.7. The number of carbonyl (C=O) groups is 3. The fourth-order valence-corrected chi connectivity index (χ4v) is 6.99. The molecule has 1 amide bonds. The van der Waals surface area contributed by atoms with Gasteiger partial charge in [0, 0.05) is 34.8 Å². The summed E-state index contributed by atoms with van der Waals surface area (Å²) in [4.78, 5) is 41.4. The molecule has 0 spiro atoms. The van der Waals surface area contributed by atoms with Gasteiger partial charge in [0.2, 0.25) is 5.91 Å². The van der Waals surface area contributed by atoms with Crippen molar-refractivity contribution in [3.8, 4) is 11.3 Å². The SMILES string of the molecule is C=CC(=O)N(C)C1(c2onc(-c3c(Cl)cc(Cl)cc3Cl)c2C(=O)n2cc(C)c3c(/C=C(/C(=O)O)C(C)(C)C)cccc32)CCC1. The molecule has 0 radical (unpaired) electrons. The van der Waals surface area contributed by atoms with E-state index < -0.39 is 22.8 Å². The molecule has 0 atom stereocenters. The van der Waals surface area contributed by atoms with Crippen LogP contribution in [0.5, 0.6) is 0 Å². The van der Waals surface area contributed by atoms with Crippen LogP contribution < -0.4 is 0 Å². The van der Waals surface area contributed by atoms with Crippen molar-refractivity contribution in [2.75, 3.05) is 7.05 Å². The smallest absolute Gasteiger partial charge is 0.332 e. The predicted molar refractivity (Wildman–Crippen MR) is 177 cm³/mol. The fourth-order valence-electron chi connectivity index (χ4n) is 6.00. The van der Waals surface area contributed by atoms with Crippen LogP contribution in [0.25, 0.3) is 28.2 Å². The Kier molecular flexibility index (Phi) is 8.55. The standard InChI is InChI=1S/C34H32Cl3N3O5/c1-7-25(41)39(6)34(12-9-13-34)30-28(29(38-45-30)27-22(36)15-20(35)16-23(27)37)31(42)40-17-18(2)26-19(10-8-11-24(26)40)14-21(32(43)44)33(3,4)5/h7-8,10-11,14-17H,1,9,12-13H2,2-6H3,(H,43,44)/b21-14-. The Morgan fingerprint density at radius 3 is 2.31 bits per heavy atom. The Balaban J connectivity index is 1.79. The van der Waals surface area contributed by atoms with E-state index in [0.717, 1.165) is 12.0 Å². The molecule has 4 aromatic rings. The van der Waals surface area contributed by atoms with E-state index in [9.17, 15) is 19.5 Å². The minimum absolute atomic E-state index is 0.100. The summed E-state index contributed by atoms with van der Waals surface area (Å²) in [5.41, 5.74) is 1.08. The number of hydrogen-bond donors (Lipinski definition) is 1. The molecule has 11 heteroatoms. The summed E-state index contributed by atoms with van der Waals surface area (Å²) in [7, 11) is 1.64. The molecule has 0 bridgehead atoms. The maximum Gasteiger partial charge on any atom is 0.332 e. The first-order valence-corrected chi connectivity index (χ1v) is 15.4. The van der Waals surface area contributed by atoms with Gasteiger partial charge in [-0.15, -0.1) is 0 Å². The van der Waals surface area contributed by atoms with Crippen molar-refractivity contribution < 1.29 is 24.0 Å². The molecular weight excluding hydrogens is 637 g/mol. The first-order valence-electron chi connectivity index (χ1n) is 14.3. The lowest BCUT2D eigenvalue weighted by atomic mass is 9.72. The zero-order valence-corrected chi connectivity index (χ0v) is 27.8. The van der Waals surface area contributed by atoms with Crippen molar-refractivity contribution in [1.29, 1.82) is 0 Å². The van der Waals surface area contributed by atoms with Crippen LogP contribution in [0, 0.1) is 12.3 Å². The summed E-state index contributed by atoms with van der Waals surface area (Å²) in [6.45, 7) is 11.0. The number of likely N-dealkylation sites (N-methyl/N-ethyl adjacent to an activating group) is 1. The molecule has 1 saturated carbocycles. The first-order chi connectivity index (χ1) is 21.1. The third-order valence-electron chi connectivity index (χ3n) is 8.51. The Morgan fingerprint density at radius 1 is 1.13 bits per heavy atom. The second kappa shape index (κ2) is 11.8. The monoisotopic (exact) mass is 667 g/mol. The Hall–Kier alpha value is -3.85. The number of amides is 1. The zero-order chi connectivity index (χ0) is 33.0. The number of carbonyl (C=O) groups excluding carboxylic acids is 2. The van der Waals surface area contributed by atoms with Crippen LogP contribution in [0.15, 0.2) is 59.3 Å². The number of hydrogen-bond acceptors (Lipinski definition) is 5. The van der Waals surface area contributed by atoms with Gasteiger partial charge in [-0.2, -0.15) is 0 Å². The lowest BCUT2D eigenvalue weighted by molar-refractivity contribution is -0.136. The van der Waals surface area contributed by atoms with Crippen molar-refractivity contribution in [3.05, 3.63) is 92.3 Å². The van der Waals surface area contributed by atoms with E-state index in [0.29, 0.717) is 34.3 Å². The highest BCUT2D eigenvalue weighted by molar-refractivity contribution is 6.42. The van der Waals surface area contributed by atoms with E-state index in [1.165, 1.54) is 27.7 Å². The number of aliphatic carboxylic acids is 1. The fraction of sp³-hybridized carbons (Fsp3) is 0.294. The highest BCUT2D eigenvalue weighted by atomic mass is 35.5. The maximum atomic E-state index is 14.8. The van der Waals surface area contributed by atoms with Gasteiger partial charge in [0.05, 0.1) is 15.6 Å². The van der Waals surface area contributed by atoms with Gasteiger partial charge in [-0.3, -0.25) is 14.2 Å².